The molecule has 0 radical (unpaired) electrons. The molecule has 3 rings (SSSR count). The third-order valence-electron chi connectivity index (χ3n) is 5.89. The molecular formula is C24H31Cl2N3O. The predicted octanol–water partition coefficient (Wildman–Crippen LogP) is 7.34. The molecule has 1 heterocycles. The van der Waals surface area contributed by atoms with Crippen LogP contribution in [0.4, 0.5) is 0 Å². The fourth-order valence-corrected chi connectivity index (χ4v) is 4.60. The highest BCUT2D eigenvalue weighted by Crippen LogP contribution is 2.38. The zero-order valence-corrected chi connectivity index (χ0v) is 20.2. The number of ether oxygens (including phenoxy) is 1. The monoisotopic (exact) mass is 447 g/mol. The van der Waals surface area contributed by atoms with Crippen molar-refractivity contribution in [2.45, 2.75) is 53.0 Å². The second-order valence-corrected chi connectivity index (χ2v) is 8.79. The van der Waals surface area contributed by atoms with E-state index in [1.165, 1.54) is 11.1 Å². The van der Waals surface area contributed by atoms with Gasteiger partial charge in [0.1, 0.15) is 0 Å². The Bertz CT molecular complexity index is 1020. The van der Waals surface area contributed by atoms with Gasteiger partial charge in [-0.05, 0) is 68.1 Å². The van der Waals surface area contributed by atoms with E-state index in [9.17, 15) is 0 Å². The van der Waals surface area contributed by atoms with Crippen LogP contribution in [-0.4, -0.2) is 28.0 Å². The molecule has 0 aliphatic rings. The largest absolute Gasteiger partial charge is 0.424 e. The fraction of sp³-hybridized carbons (Fsp3) is 0.458. The SMILES string of the molecule is CCC(CC)c1ccc(CN(C)CC)c2nc(Oc3c(C)cc(Cl)cc3Cl)n(C)c12. The van der Waals surface area contributed by atoms with Crippen LogP contribution in [0.25, 0.3) is 11.0 Å². The number of nitrogens with zero attached hydrogens (tertiary/aromatic N) is 3. The first-order valence-electron chi connectivity index (χ1n) is 10.6. The number of hydrogen-bond donors (Lipinski definition) is 0. The highest BCUT2D eigenvalue weighted by molar-refractivity contribution is 6.35. The Labute approximate surface area is 189 Å². The molecule has 2 aromatic carbocycles. The van der Waals surface area contributed by atoms with Gasteiger partial charge in [0.15, 0.2) is 5.75 Å². The normalized spacial score (nSPS) is 11.8. The summed E-state index contributed by atoms with van der Waals surface area (Å²) in [6.07, 6.45) is 2.17. The van der Waals surface area contributed by atoms with Gasteiger partial charge in [0.05, 0.1) is 16.1 Å². The summed E-state index contributed by atoms with van der Waals surface area (Å²) in [5, 5.41) is 1.08. The summed E-state index contributed by atoms with van der Waals surface area (Å²) < 4.78 is 8.31. The Balaban J connectivity index is 2.18. The number of halogens is 2. The first-order chi connectivity index (χ1) is 14.3. The minimum atomic E-state index is 0.481. The van der Waals surface area contributed by atoms with Crippen molar-refractivity contribution in [3.05, 3.63) is 51.0 Å². The van der Waals surface area contributed by atoms with Gasteiger partial charge in [-0.15, -0.1) is 0 Å². The van der Waals surface area contributed by atoms with Gasteiger partial charge in [0.2, 0.25) is 0 Å². The number of benzene rings is 2. The Morgan fingerprint density at radius 2 is 1.83 bits per heavy atom. The number of aryl methyl sites for hydroxylation is 2. The molecule has 0 bridgehead atoms. The topological polar surface area (TPSA) is 30.3 Å². The van der Waals surface area contributed by atoms with Gasteiger partial charge in [-0.2, -0.15) is 4.98 Å². The number of imidazole rings is 1. The summed E-state index contributed by atoms with van der Waals surface area (Å²) >= 11 is 12.6. The molecular weight excluding hydrogens is 417 g/mol. The average molecular weight is 448 g/mol. The number of rotatable bonds is 8. The van der Waals surface area contributed by atoms with E-state index in [1.807, 2.05) is 20.0 Å². The minimum Gasteiger partial charge on any atom is -0.424 e. The van der Waals surface area contributed by atoms with Crippen molar-refractivity contribution in [2.75, 3.05) is 13.6 Å². The van der Waals surface area contributed by atoms with Gasteiger partial charge in [-0.3, -0.25) is 4.57 Å². The fourth-order valence-electron chi connectivity index (χ4n) is 3.97. The van der Waals surface area contributed by atoms with Crippen LogP contribution in [0, 0.1) is 6.92 Å². The first-order valence-corrected chi connectivity index (χ1v) is 11.4. The van der Waals surface area contributed by atoms with Gasteiger partial charge in [0.25, 0.3) is 0 Å². The van der Waals surface area contributed by atoms with Gasteiger partial charge < -0.3 is 9.64 Å². The van der Waals surface area contributed by atoms with Crippen molar-refractivity contribution in [3.8, 4) is 11.8 Å². The molecule has 0 aliphatic heterocycles. The van der Waals surface area contributed by atoms with Crippen LogP contribution in [0.1, 0.15) is 56.2 Å². The Hall–Kier alpha value is -1.75. The molecule has 0 atom stereocenters. The quantitative estimate of drug-likeness (QED) is 0.361. The molecule has 4 nitrogen and oxygen atoms in total. The van der Waals surface area contributed by atoms with Crippen LogP contribution in [-0.2, 0) is 13.6 Å². The summed E-state index contributed by atoms with van der Waals surface area (Å²) in [6.45, 7) is 10.4. The molecule has 162 valence electrons. The first kappa shape index (κ1) is 22.9. The predicted molar refractivity (Wildman–Crippen MR) is 127 cm³/mol. The van der Waals surface area contributed by atoms with Crippen molar-refractivity contribution in [3.63, 3.8) is 0 Å². The molecule has 0 unspecified atom stereocenters. The molecule has 0 saturated heterocycles. The van der Waals surface area contributed by atoms with Gasteiger partial charge >= 0.3 is 6.01 Å². The van der Waals surface area contributed by atoms with Crippen molar-refractivity contribution in [1.29, 1.82) is 0 Å². The zero-order valence-electron chi connectivity index (χ0n) is 18.7. The lowest BCUT2D eigenvalue weighted by Crippen LogP contribution is -2.17. The van der Waals surface area contributed by atoms with Crippen LogP contribution in [0.15, 0.2) is 24.3 Å². The van der Waals surface area contributed by atoms with Crippen LogP contribution >= 0.6 is 23.2 Å². The maximum absolute atomic E-state index is 6.43. The molecule has 30 heavy (non-hydrogen) atoms. The second kappa shape index (κ2) is 9.59. The van der Waals surface area contributed by atoms with E-state index >= 15 is 0 Å². The Morgan fingerprint density at radius 3 is 2.43 bits per heavy atom. The summed E-state index contributed by atoms with van der Waals surface area (Å²) in [6, 6.07) is 8.58. The Morgan fingerprint density at radius 1 is 1.13 bits per heavy atom. The molecule has 0 N–H and O–H groups in total. The maximum atomic E-state index is 6.43. The summed E-state index contributed by atoms with van der Waals surface area (Å²) in [4.78, 5) is 7.21. The third kappa shape index (κ3) is 4.46. The highest BCUT2D eigenvalue weighted by atomic mass is 35.5. The van der Waals surface area contributed by atoms with E-state index in [0.29, 0.717) is 27.7 Å². The molecule has 1 aromatic heterocycles. The lowest BCUT2D eigenvalue weighted by molar-refractivity contribution is 0.347. The molecule has 0 fully saturated rings. The summed E-state index contributed by atoms with van der Waals surface area (Å²) in [7, 11) is 4.14. The Kier molecular flexibility index (Phi) is 7.33. The van der Waals surface area contributed by atoms with Gasteiger partial charge in [0, 0.05) is 18.6 Å². The van der Waals surface area contributed by atoms with Gasteiger partial charge in [-0.1, -0.05) is 56.1 Å². The molecule has 0 aliphatic carbocycles. The molecule has 0 saturated carbocycles. The van der Waals surface area contributed by atoms with E-state index in [2.05, 4.69) is 49.4 Å². The molecule has 0 amide bonds. The smallest absolute Gasteiger partial charge is 0.302 e. The zero-order chi connectivity index (χ0) is 22.0. The lowest BCUT2D eigenvalue weighted by Gasteiger charge is -2.18. The average Bonchev–Trinajstić information content (AvgIpc) is 3.03. The summed E-state index contributed by atoms with van der Waals surface area (Å²) in [5.74, 6) is 1.07. The van der Waals surface area contributed by atoms with Crippen LogP contribution in [0.5, 0.6) is 11.8 Å². The maximum Gasteiger partial charge on any atom is 0.302 e. The van der Waals surface area contributed by atoms with Crippen LogP contribution in [0.3, 0.4) is 0 Å². The lowest BCUT2D eigenvalue weighted by atomic mass is 9.91. The van der Waals surface area contributed by atoms with Crippen molar-refractivity contribution < 1.29 is 4.74 Å². The van der Waals surface area contributed by atoms with Crippen molar-refractivity contribution in [1.82, 2.24) is 14.5 Å². The molecule has 0 spiro atoms. The second-order valence-electron chi connectivity index (χ2n) is 7.94. The van der Waals surface area contributed by atoms with E-state index in [0.717, 1.165) is 42.5 Å². The van der Waals surface area contributed by atoms with Crippen molar-refractivity contribution >= 4 is 34.2 Å². The van der Waals surface area contributed by atoms with Gasteiger partial charge in [-0.25, -0.2) is 0 Å². The van der Waals surface area contributed by atoms with Crippen LogP contribution in [0.2, 0.25) is 10.0 Å². The van der Waals surface area contributed by atoms with E-state index < -0.39 is 0 Å². The number of hydrogen-bond acceptors (Lipinski definition) is 3. The van der Waals surface area contributed by atoms with E-state index in [1.54, 1.807) is 6.07 Å². The standard InChI is InChI=1S/C24H31Cl2N3O/c1-7-16(8-2)19-11-10-17(14-28(5)9-3)21-22(19)29(6)24(27-21)30-23-15(4)12-18(25)13-20(23)26/h10-13,16H,7-9,14H2,1-6H3. The molecule has 6 heteroatoms. The summed E-state index contributed by atoms with van der Waals surface area (Å²) in [5.41, 5.74) is 5.55. The van der Waals surface area contributed by atoms with E-state index in [4.69, 9.17) is 32.9 Å². The molecule has 3 aromatic rings. The van der Waals surface area contributed by atoms with Crippen molar-refractivity contribution in [2.24, 2.45) is 7.05 Å². The van der Waals surface area contributed by atoms with E-state index in [-0.39, 0.29) is 0 Å². The van der Waals surface area contributed by atoms with Crippen LogP contribution < -0.4 is 4.74 Å². The number of aromatic nitrogens is 2. The third-order valence-corrected chi connectivity index (χ3v) is 6.39. The minimum absolute atomic E-state index is 0.481. The number of fused-ring (bicyclic) bond motifs is 1. The highest BCUT2D eigenvalue weighted by Gasteiger charge is 2.21.